The van der Waals surface area contributed by atoms with E-state index in [4.69, 9.17) is 10.8 Å². The lowest BCUT2D eigenvalue weighted by molar-refractivity contribution is -0.211. The summed E-state index contributed by atoms with van der Waals surface area (Å²) in [6.07, 6.45) is 0. The molecule has 0 bridgehead atoms. The highest BCUT2D eigenvalue weighted by molar-refractivity contribution is 5.89. The highest BCUT2D eigenvalue weighted by Crippen LogP contribution is 2.26. The molecule has 1 aromatic carbocycles. The van der Waals surface area contributed by atoms with Gasteiger partial charge in [-0.3, -0.25) is 4.79 Å². The molecule has 5 nitrogen and oxygen atoms in total. The molecule has 1 aromatic rings. The lowest BCUT2D eigenvalue weighted by Crippen LogP contribution is -2.09. The molecule has 82 valence electrons. The molecule has 0 aliphatic rings. The van der Waals surface area contributed by atoms with Crippen LogP contribution in [0.1, 0.15) is 18.1 Å². The van der Waals surface area contributed by atoms with E-state index in [1.54, 1.807) is 12.1 Å². The van der Waals surface area contributed by atoms with Gasteiger partial charge in [0.05, 0.1) is 0 Å². The highest BCUT2D eigenvalue weighted by atomic mass is 17.3. The van der Waals surface area contributed by atoms with Gasteiger partial charge in [-0.1, -0.05) is 4.99 Å². The van der Waals surface area contributed by atoms with E-state index in [2.05, 4.69) is 10.3 Å². The lowest BCUT2D eigenvalue weighted by Gasteiger charge is -2.10. The Morgan fingerprint density at radius 1 is 1.33 bits per heavy atom. The van der Waals surface area contributed by atoms with Crippen LogP contribution in [0.3, 0.4) is 0 Å². The van der Waals surface area contributed by atoms with Gasteiger partial charge in [-0.15, -0.1) is 0 Å². The topological polar surface area (TPSA) is 73.6 Å². The van der Waals surface area contributed by atoms with Crippen molar-refractivity contribution in [2.24, 2.45) is 5.90 Å². The Morgan fingerprint density at radius 3 is 2.53 bits per heavy atom. The summed E-state index contributed by atoms with van der Waals surface area (Å²) in [5, 5.41) is 2.72. The molecule has 0 aliphatic carbocycles. The van der Waals surface area contributed by atoms with Crippen LogP contribution in [0, 0.1) is 13.8 Å². The Labute approximate surface area is 88.1 Å². The number of hydrogen-bond acceptors (Lipinski definition) is 4. The number of nitrogens with two attached hydrogens (primary N) is 1. The van der Waals surface area contributed by atoms with Crippen LogP contribution in [0.25, 0.3) is 0 Å². The van der Waals surface area contributed by atoms with Crippen molar-refractivity contribution in [3.05, 3.63) is 23.3 Å². The maximum absolute atomic E-state index is 10.9. The number of nitrogens with one attached hydrogen (secondary N) is 1. The Hall–Kier alpha value is -1.59. The molecule has 0 aromatic heterocycles. The van der Waals surface area contributed by atoms with Gasteiger partial charge in [0.1, 0.15) is 0 Å². The van der Waals surface area contributed by atoms with Gasteiger partial charge < -0.3 is 10.2 Å². The monoisotopic (exact) mass is 210 g/mol. The maximum atomic E-state index is 10.9. The smallest absolute Gasteiger partial charge is 0.221 e. The van der Waals surface area contributed by atoms with Crippen LogP contribution in [-0.2, 0) is 9.78 Å². The summed E-state index contributed by atoms with van der Waals surface area (Å²) < 4.78 is 0. The van der Waals surface area contributed by atoms with Gasteiger partial charge >= 0.3 is 0 Å². The fourth-order valence-corrected chi connectivity index (χ4v) is 1.26. The zero-order valence-corrected chi connectivity index (χ0v) is 8.96. The summed E-state index contributed by atoms with van der Waals surface area (Å²) in [5.41, 5.74) is 2.46. The molecule has 15 heavy (non-hydrogen) atoms. The molecular formula is C10H14N2O3. The third-order valence-electron chi connectivity index (χ3n) is 1.97. The second-order valence-electron chi connectivity index (χ2n) is 3.29. The lowest BCUT2D eigenvalue weighted by atomic mass is 10.1. The van der Waals surface area contributed by atoms with E-state index in [0.29, 0.717) is 5.75 Å². The van der Waals surface area contributed by atoms with E-state index < -0.39 is 0 Å². The van der Waals surface area contributed by atoms with Crippen molar-refractivity contribution in [2.45, 2.75) is 20.8 Å². The molecule has 3 N–H and O–H groups in total. The predicted molar refractivity (Wildman–Crippen MR) is 56.1 cm³/mol. The predicted octanol–water partition coefficient (Wildman–Crippen LogP) is 1.45. The third kappa shape index (κ3) is 2.93. The fourth-order valence-electron chi connectivity index (χ4n) is 1.26. The first-order valence-corrected chi connectivity index (χ1v) is 4.47. The Bertz CT molecular complexity index is 377. The van der Waals surface area contributed by atoms with Crippen LogP contribution >= 0.6 is 0 Å². The van der Waals surface area contributed by atoms with Crippen LogP contribution in [0.4, 0.5) is 5.69 Å². The molecule has 0 saturated carbocycles. The van der Waals surface area contributed by atoms with Crippen molar-refractivity contribution in [1.82, 2.24) is 0 Å². The zero-order valence-electron chi connectivity index (χ0n) is 8.96. The first-order chi connectivity index (χ1) is 7.04. The van der Waals surface area contributed by atoms with Crippen LogP contribution in [-0.4, -0.2) is 5.91 Å². The van der Waals surface area contributed by atoms with E-state index in [9.17, 15) is 4.79 Å². The first-order valence-electron chi connectivity index (χ1n) is 4.47. The number of anilines is 1. The molecule has 0 spiro atoms. The SMILES string of the molecule is CC(=O)Nc1cc(C)c(OON)cc1C. The Kier molecular flexibility index (Phi) is 3.65. The summed E-state index contributed by atoms with van der Waals surface area (Å²) in [7, 11) is 0. The average molecular weight is 210 g/mol. The Morgan fingerprint density at radius 2 is 2.00 bits per heavy atom. The van der Waals surface area contributed by atoms with Gasteiger partial charge in [0.15, 0.2) is 5.75 Å². The largest absolute Gasteiger partial charge is 0.326 e. The van der Waals surface area contributed by atoms with Crippen molar-refractivity contribution in [3.63, 3.8) is 0 Å². The Balaban J connectivity index is 3.02. The van der Waals surface area contributed by atoms with Gasteiger partial charge in [0.2, 0.25) is 5.91 Å². The first kappa shape index (κ1) is 11.5. The molecular weight excluding hydrogens is 196 g/mol. The molecule has 0 saturated heterocycles. The van der Waals surface area contributed by atoms with Gasteiger partial charge in [0.25, 0.3) is 0 Å². The summed E-state index contributed by atoms with van der Waals surface area (Å²) in [4.78, 5) is 19.7. The van der Waals surface area contributed by atoms with Crippen molar-refractivity contribution < 1.29 is 14.7 Å². The maximum Gasteiger partial charge on any atom is 0.221 e. The summed E-state index contributed by atoms with van der Waals surface area (Å²) in [5.74, 6) is 5.23. The average Bonchev–Trinajstić information content (AvgIpc) is 2.13. The number of amides is 1. The minimum absolute atomic E-state index is 0.110. The van der Waals surface area contributed by atoms with Crippen LogP contribution in [0.5, 0.6) is 5.75 Å². The second-order valence-corrected chi connectivity index (χ2v) is 3.29. The standard InChI is InChI=1S/C10H14N2O3/c1-6-5-10(14-15-11)7(2)4-9(6)12-8(3)13/h4-5H,11H2,1-3H3,(H,12,13). The van der Waals surface area contributed by atoms with E-state index >= 15 is 0 Å². The van der Waals surface area contributed by atoms with E-state index in [1.807, 2.05) is 13.8 Å². The molecule has 0 aliphatic heterocycles. The number of carbonyl (C=O) groups is 1. The van der Waals surface area contributed by atoms with Gasteiger partial charge in [-0.05, 0) is 37.1 Å². The normalized spacial score (nSPS) is 9.87. The van der Waals surface area contributed by atoms with E-state index in [1.165, 1.54) is 6.92 Å². The van der Waals surface area contributed by atoms with Crippen molar-refractivity contribution in [1.29, 1.82) is 0 Å². The molecule has 0 heterocycles. The second kappa shape index (κ2) is 4.77. The summed E-state index contributed by atoms with van der Waals surface area (Å²) in [6, 6.07) is 3.54. The quantitative estimate of drug-likeness (QED) is 0.585. The molecule has 1 rings (SSSR count). The summed E-state index contributed by atoms with van der Waals surface area (Å²) >= 11 is 0. The molecule has 0 fully saturated rings. The van der Waals surface area contributed by atoms with Crippen LogP contribution < -0.4 is 16.1 Å². The highest BCUT2D eigenvalue weighted by Gasteiger charge is 2.07. The molecule has 0 radical (unpaired) electrons. The van der Waals surface area contributed by atoms with Gasteiger partial charge in [-0.2, -0.15) is 5.90 Å². The minimum Gasteiger partial charge on any atom is -0.326 e. The van der Waals surface area contributed by atoms with E-state index in [-0.39, 0.29) is 5.91 Å². The molecule has 0 unspecified atom stereocenters. The van der Waals surface area contributed by atoms with Gasteiger partial charge in [0, 0.05) is 12.6 Å². The fraction of sp³-hybridized carbons (Fsp3) is 0.300. The number of hydrogen-bond donors (Lipinski definition) is 2. The number of benzene rings is 1. The van der Waals surface area contributed by atoms with Crippen molar-refractivity contribution >= 4 is 11.6 Å². The minimum atomic E-state index is -0.110. The van der Waals surface area contributed by atoms with Crippen molar-refractivity contribution in [2.75, 3.05) is 5.32 Å². The third-order valence-corrected chi connectivity index (χ3v) is 1.97. The molecule has 1 amide bonds. The molecule has 0 atom stereocenters. The summed E-state index contributed by atoms with van der Waals surface area (Å²) in [6.45, 7) is 5.15. The van der Waals surface area contributed by atoms with Crippen molar-refractivity contribution in [3.8, 4) is 5.75 Å². The van der Waals surface area contributed by atoms with Crippen LogP contribution in [0.2, 0.25) is 0 Å². The number of carbonyl (C=O) groups excluding carboxylic acids is 1. The van der Waals surface area contributed by atoms with Gasteiger partial charge in [-0.25, -0.2) is 0 Å². The van der Waals surface area contributed by atoms with Crippen LogP contribution in [0.15, 0.2) is 12.1 Å². The van der Waals surface area contributed by atoms with E-state index in [0.717, 1.165) is 16.8 Å². The number of aryl methyl sites for hydroxylation is 2. The molecule has 5 heteroatoms. The number of rotatable bonds is 3. The zero-order chi connectivity index (χ0) is 11.4.